The Kier molecular flexibility index (Phi) is 23.6. The highest BCUT2D eigenvalue weighted by Gasteiger charge is 2.52. The molecule has 0 aromatic heterocycles. The molecular formula is C63H86Cl4N4O8. The first-order valence-corrected chi connectivity index (χ1v) is 29.4. The summed E-state index contributed by atoms with van der Waals surface area (Å²) in [6, 6.07) is 29.2. The fraction of sp³-hybridized carbons (Fsp3) is 0.556. The van der Waals surface area contributed by atoms with Crippen LogP contribution in [0.2, 0.25) is 20.1 Å². The fourth-order valence-corrected chi connectivity index (χ4v) is 13.6. The molecule has 0 aliphatic heterocycles. The molecule has 0 unspecified atom stereocenters. The Bertz CT molecular complexity index is 2510. The van der Waals surface area contributed by atoms with Crippen molar-refractivity contribution in [1.29, 1.82) is 0 Å². The van der Waals surface area contributed by atoms with Crippen LogP contribution in [0.3, 0.4) is 0 Å². The van der Waals surface area contributed by atoms with Gasteiger partial charge in [0.25, 0.3) is 0 Å². The molecule has 16 heteroatoms. The van der Waals surface area contributed by atoms with Crippen molar-refractivity contribution < 1.29 is 39.6 Å². The van der Waals surface area contributed by atoms with Crippen LogP contribution in [0.15, 0.2) is 97.1 Å². The summed E-state index contributed by atoms with van der Waals surface area (Å²) in [7, 11) is 5.28. The number of rotatable bonds is 11. The number of hydrogen-bond acceptors (Lipinski definition) is 12. The lowest BCUT2D eigenvalue weighted by atomic mass is 9.67. The van der Waals surface area contributed by atoms with Gasteiger partial charge in [-0.25, -0.2) is 0 Å². The van der Waals surface area contributed by atoms with E-state index in [0.717, 1.165) is 16.7 Å². The predicted molar refractivity (Wildman–Crippen MR) is 318 cm³/mol. The average molecular weight is 1170 g/mol. The standard InChI is InChI=1S/3C16H22ClNO2.C15H20ClNO2/c3*1-10(2)11-8-14(19)15(20)16(9-11,18-3)12-6-4-5-7-13(12)17;1-9(2)10-7-13(18)14(19)15(17,8-10)11-5-3-4-6-12(11)16/h3*4-7,10-11,14,18-19H,8-9H2,1-3H3;3-6,9-10,13,18H,7-8,17H2,1-2H3/t2*11-,14+,16+;11-,14-,16-;10-,13-,15-/m1001/s1. The summed E-state index contributed by atoms with van der Waals surface area (Å²) in [5.41, 5.74) is 5.43. The number of benzene rings is 4. The van der Waals surface area contributed by atoms with Crippen LogP contribution in [0.1, 0.15) is 129 Å². The van der Waals surface area contributed by atoms with E-state index in [2.05, 4.69) is 71.3 Å². The summed E-state index contributed by atoms with van der Waals surface area (Å²) in [5, 5.41) is 52.2. The Morgan fingerprint density at radius 2 is 0.608 bits per heavy atom. The number of nitrogens with two attached hydrogens (primary N) is 1. The molecule has 4 fully saturated rings. The van der Waals surface area contributed by atoms with Gasteiger partial charge in [0.05, 0.1) is 0 Å². The van der Waals surface area contributed by atoms with Gasteiger partial charge in [-0.15, -0.1) is 0 Å². The third-order valence-electron chi connectivity index (χ3n) is 17.7. The first-order chi connectivity index (χ1) is 37.1. The zero-order chi connectivity index (χ0) is 58.9. The Balaban J connectivity index is 0.000000194. The van der Waals surface area contributed by atoms with Crippen LogP contribution in [0.4, 0.5) is 0 Å². The van der Waals surface area contributed by atoms with Gasteiger partial charge in [-0.1, -0.05) is 175 Å². The number of nitrogens with one attached hydrogen (secondary N) is 3. The minimum absolute atomic E-state index is 0.176. The van der Waals surface area contributed by atoms with E-state index in [1.807, 2.05) is 60.7 Å². The second-order valence-electron chi connectivity index (χ2n) is 23.7. The molecule has 4 aliphatic carbocycles. The van der Waals surface area contributed by atoms with Gasteiger partial charge in [-0.05, 0) is 166 Å². The second-order valence-corrected chi connectivity index (χ2v) is 25.3. The number of carbonyl (C=O) groups is 4. The van der Waals surface area contributed by atoms with E-state index in [1.54, 1.807) is 57.5 Å². The van der Waals surface area contributed by atoms with E-state index in [4.69, 9.17) is 52.1 Å². The van der Waals surface area contributed by atoms with Gasteiger partial charge in [0, 0.05) is 20.1 Å². The number of likely N-dealkylation sites (N-methyl/N-ethyl adjacent to an activating group) is 3. The summed E-state index contributed by atoms with van der Waals surface area (Å²) in [6.45, 7) is 16.9. The maximum absolute atomic E-state index is 12.6. The summed E-state index contributed by atoms with van der Waals surface area (Å²) < 4.78 is 0. The van der Waals surface area contributed by atoms with E-state index in [0.29, 0.717) is 101 Å². The fourth-order valence-electron chi connectivity index (χ4n) is 12.4. The van der Waals surface area contributed by atoms with Crippen molar-refractivity contribution >= 4 is 69.5 Å². The molecule has 4 aromatic carbocycles. The summed E-state index contributed by atoms with van der Waals surface area (Å²) in [6.07, 6.45) is 0.827. The second kappa shape index (κ2) is 28.1. The number of aliphatic hydroxyl groups excluding tert-OH is 4. The van der Waals surface area contributed by atoms with Gasteiger partial charge in [0.15, 0.2) is 23.1 Å². The van der Waals surface area contributed by atoms with E-state index in [-0.39, 0.29) is 46.8 Å². The third kappa shape index (κ3) is 14.3. The van der Waals surface area contributed by atoms with Crippen LogP contribution >= 0.6 is 46.4 Å². The normalized spacial score (nSPS) is 31.0. The van der Waals surface area contributed by atoms with Gasteiger partial charge >= 0.3 is 0 Å². The van der Waals surface area contributed by atoms with Gasteiger partial charge in [-0.3, -0.25) is 19.2 Å². The lowest BCUT2D eigenvalue weighted by molar-refractivity contribution is -0.141. The van der Waals surface area contributed by atoms with Crippen molar-refractivity contribution in [2.24, 2.45) is 53.1 Å². The lowest BCUT2D eigenvalue weighted by Crippen LogP contribution is -2.57. The molecule has 8 rings (SSSR count). The Morgan fingerprint density at radius 1 is 0.392 bits per heavy atom. The summed E-state index contributed by atoms with van der Waals surface area (Å²) in [4.78, 5) is 50.2. The topological polar surface area (TPSA) is 211 Å². The van der Waals surface area contributed by atoms with E-state index in [9.17, 15) is 39.6 Å². The summed E-state index contributed by atoms with van der Waals surface area (Å²) in [5.74, 6) is 1.82. The van der Waals surface area contributed by atoms with Crippen molar-refractivity contribution in [2.45, 2.75) is 153 Å². The zero-order valence-corrected chi connectivity index (χ0v) is 50.9. The van der Waals surface area contributed by atoms with Crippen molar-refractivity contribution in [3.63, 3.8) is 0 Å². The molecule has 12 nitrogen and oxygen atoms in total. The van der Waals surface area contributed by atoms with Gasteiger partial charge < -0.3 is 42.1 Å². The minimum Gasteiger partial charge on any atom is -0.385 e. The molecule has 434 valence electrons. The smallest absolute Gasteiger partial charge is 0.185 e. The van der Waals surface area contributed by atoms with Crippen LogP contribution < -0.4 is 21.7 Å². The quantitative estimate of drug-likeness (QED) is 0.0705. The van der Waals surface area contributed by atoms with Gasteiger partial charge in [-0.2, -0.15) is 0 Å². The van der Waals surface area contributed by atoms with Crippen LogP contribution in [0, 0.1) is 47.3 Å². The number of Topliss-reactive ketones (excluding diaryl/α,β-unsaturated/α-hetero) is 4. The molecule has 79 heavy (non-hydrogen) atoms. The van der Waals surface area contributed by atoms with Crippen LogP contribution in [-0.2, 0) is 41.3 Å². The van der Waals surface area contributed by atoms with Crippen molar-refractivity contribution in [3.8, 4) is 0 Å². The SMILES string of the molecule is CC(C)[C@@H]1C[C@@H](O)C(=O)[C@](N)(c2ccccc2Cl)C1.CN[C@@]1(c2ccccc2Cl)C[C@@H](C(C)C)C[C@@H](O)C1=O.CN[C@]1(c2ccccc2Cl)C[C@@H](C(C)C)C[C@H](O)C1=O.CN[C@]1(c2ccccc2Cl)C[C@H](C(C)C)C[C@H](O)C1=O. The number of halogens is 4. The number of aliphatic hydroxyl groups is 4. The largest absolute Gasteiger partial charge is 0.385 e. The van der Waals surface area contributed by atoms with E-state index >= 15 is 0 Å². The van der Waals surface area contributed by atoms with Crippen LogP contribution in [-0.4, -0.2) is 89.1 Å². The third-order valence-corrected chi connectivity index (χ3v) is 19.0. The molecule has 4 saturated carbocycles. The molecule has 0 amide bonds. The first kappa shape index (κ1) is 66.2. The maximum Gasteiger partial charge on any atom is 0.185 e. The number of carbonyl (C=O) groups excluding carboxylic acids is 4. The predicted octanol–water partition coefficient (Wildman–Crippen LogP) is 10.7. The monoisotopic (exact) mass is 1170 g/mol. The molecule has 0 spiro atoms. The lowest BCUT2D eigenvalue weighted by Gasteiger charge is -2.43. The highest BCUT2D eigenvalue weighted by molar-refractivity contribution is 6.33. The van der Waals surface area contributed by atoms with E-state index in [1.165, 1.54) is 0 Å². The molecule has 0 saturated heterocycles. The molecule has 0 bridgehead atoms. The van der Waals surface area contributed by atoms with E-state index < -0.39 is 46.6 Å². The van der Waals surface area contributed by atoms with Crippen LogP contribution in [0.5, 0.6) is 0 Å². The number of hydrogen-bond donors (Lipinski definition) is 8. The van der Waals surface area contributed by atoms with Crippen LogP contribution in [0.25, 0.3) is 0 Å². The molecule has 9 N–H and O–H groups in total. The first-order valence-electron chi connectivity index (χ1n) is 27.9. The molecular weight excluding hydrogens is 1080 g/mol. The Labute approximate surface area is 489 Å². The van der Waals surface area contributed by atoms with Gasteiger partial charge in [0.2, 0.25) is 0 Å². The van der Waals surface area contributed by atoms with Gasteiger partial charge in [0.1, 0.15) is 46.6 Å². The van der Waals surface area contributed by atoms with Crippen molar-refractivity contribution in [1.82, 2.24) is 16.0 Å². The highest BCUT2D eigenvalue weighted by Crippen LogP contribution is 2.46. The number of ketones is 4. The van der Waals surface area contributed by atoms with Crippen molar-refractivity contribution in [3.05, 3.63) is 139 Å². The maximum atomic E-state index is 12.6. The molecule has 12 atom stereocenters. The Morgan fingerprint density at radius 3 is 0.835 bits per heavy atom. The molecule has 4 aliphatic rings. The summed E-state index contributed by atoms with van der Waals surface area (Å²) >= 11 is 25.1. The molecule has 0 heterocycles. The Hall–Kier alpha value is -3.60. The van der Waals surface area contributed by atoms with Crippen molar-refractivity contribution in [2.75, 3.05) is 21.1 Å². The molecule has 0 radical (unpaired) electrons. The molecule has 4 aromatic rings. The minimum atomic E-state index is -1.18. The highest BCUT2D eigenvalue weighted by atomic mass is 35.5. The average Bonchev–Trinajstić information content (AvgIpc) is 3.44. The zero-order valence-electron chi connectivity index (χ0n) is 47.8.